The normalized spacial score (nSPS) is 17.2. The average Bonchev–Trinajstić information content (AvgIpc) is 2.83. The Hall–Kier alpha value is -3.15. The Morgan fingerprint density at radius 3 is 2.38 bits per heavy atom. The molecule has 0 saturated carbocycles. The molecule has 2 fully saturated rings. The molecule has 9 nitrogen and oxygen atoms in total. The van der Waals surface area contributed by atoms with E-state index < -0.39 is 11.7 Å². The van der Waals surface area contributed by atoms with Crippen molar-refractivity contribution in [3.8, 4) is 0 Å². The summed E-state index contributed by atoms with van der Waals surface area (Å²) in [6, 6.07) is 2.36. The molecule has 1 amide bonds. The molecule has 1 N–H and O–H groups in total. The van der Waals surface area contributed by atoms with Crippen LogP contribution in [-0.2, 0) is 22.1 Å². The number of hydrogen-bond acceptors (Lipinski definition) is 7. The van der Waals surface area contributed by atoms with Crippen LogP contribution in [0.2, 0.25) is 0 Å². The Morgan fingerprint density at radius 2 is 1.79 bits per heavy atom. The number of halogens is 3. The zero-order valence-corrected chi connectivity index (χ0v) is 18.9. The maximum Gasteiger partial charge on any atom is 0.417 e. The number of hydrogen-bond donors (Lipinski definition) is 1. The number of anilines is 2. The number of alkyl halides is 3. The molecule has 2 aromatic rings. The number of nitrogens with one attached hydrogen (secondary N) is 1. The summed E-state index contributed by atoms with van der Waals surface area (Å²) in [7, 11) is 0. The van der Waals surface area contributed by atoms with Gasteiger partial charge in [0.2, 0.25) is 11.9 Å². The molecule has 184 valence electrons. The van der Waals surface area contributed by atoms with E-state index >= 15 is 0 Å². The number of piperazine rings is 1. The van der Waals surface area contributed by atoms with Crippen LogP contribution in [0.4, 0.5) is 24.9 Å². The second kappa shape index (κ2) is 10.00. The highest BCUT2D eigenvalue weighted by atomic mass is 19.4. The van der Waals surface area contributed by atoms with Crippen LogP contribution in [0.25, 0.3) is 0 Å². The Bertz CT molecular complexity index is 1060. The Labute approximate surface area is 194 Å². The van der Waals surface area contributed by atoms with Gasteiger partial charge in [-0.2, -0.15) is 13.2 Å². The molecule has 2 aromatic heterocycles. The third kappa shape index (κ3) is 5.49. The van der Waals surface area contributed by atoms with Crippen molar-refractivity contribution in [2.75, 3.05) is 62.3 Å². The molecular formula is C22H27F3N6O3. The maximum absolute atomic E-state index is 12.7. The largest absolute Gasteiger partial charge is 0.417 e. The van der Waals surface area contributed by atoms with Gasteiger partial charge in [-0.05, 0) is 25.5 Å². The molecule has 0 aliphatic carbocycles. The van der Waals surface area contributed by atoms with Crippen molar-refractivity contribution < 1.29 is 22.7 Å². The molecule has 12 heteroatoms. The SMILES string of the molecule is Cc1nc(N2CCOCC2)[nH]c(=O)c1CCC(=O)N1CCN(c2ccc(C(F)(F)F)cn2)CC1. The van der Waals surface area contributed by atoms with E-state index in [1.807, 2.05) is 9.80 Å². The summed E-state index contributed by atoms with van der Waals surface area (Å²) in [5.41, 5.74) is 0.0805. The van der Waals surface area contributed by atoms with Crippen LogP contribution in [0.3, 0.4) is 0 Å². The number of carbonyl (C=O) groups is 1. The quantitative estimate of drug-likeness (QED) is 0.695. The molecular weight excluding hydrogens is 453 g/mol. The summed E-state index contributed by atoms with van der Waals surface area (Å²) in [6.45, 7) is 6.08. The first-order valence-electron chi connectivity index (χ1n) is 11.2. The van der Waals surface area contributed by atoms with E-state index in [1.165, 1.54) is 6.07 Å². The molecule has 4 rings (SSSR count). The molecule has 0 radical (unpaired) electrons. The number of aromatic amines is 1. The number of pyridine rings is 1. The summed E-state index contributed by atoms with van der Waals surface area (Å²) >= 11 is 0. The fraction of sp³-hybridized carbons (Fsp3) is 0.545. The molecule has 0 spiro atoms. The van der Waals surface area contributed by atoms with Gasteiger partial charge in [-0.15, -0.1) is 0 Å². The third-order valence-electron chi connectivity index (χ3n) is 6.14. The van der Waals surface area contributed by atoms with Crippen LogP contribution >= 0.6 is 0 Å². The number of nitrogens with zero attached hydrogens (tertiary/aromatic N) is 5. The molecule has 0 atom stereocenters. The van der Waals surface area contributed by atoms with Gasteiger partial charge in [0.25, 0.3) is 5.56 Å². The van der Waals surface area contributed by atoms with Crippen LogP contribution < -0.4 is 15.4 Å². The highest BCUT2D eigenvalue weighted by Gasteiger charge is 2.31. The van der Waals surface area contributed by atoms with Crippen LogP contribution in [0.15, 0.2) is 23.1 Å². The molecule has 4 heterocycles. The lowest BCUT2D eigenvalue weighted by atomic mass is 10.1. The Morgan fingerprint density at radius 1 is 1.09 bits per heavy atom. The van der Waals surface area contributed by atoms with Gasteiger partial charge < -0.3 is 19.4 Å². The number of aromatic nitrogens is 3. The predicted molar refractivity (Wildman–Crippen MR) is 119 cm³/mol. The minimum atomic E-state index is -4.42. The van der Waals surface area contributed by atoms with Gasteiger partial charge in [-0.1, -0.05) is 0 Å². The number of carbonyl (C=O) groups excluding carboxylic acids is 1. The van der Waals surface area contributed by atoms with Crippen LogP contribution in [0.5, 0.6) is 0 Å². The van der Waals surface area contributed by atoms with Crippen LogP contribution in [0, 0.1) is 6.92 Å². The van der Waals surface area contributed by atoms with Gasteiger partial charge in [0, 0.05) is 63.1 Å². The van der Waals surface area contributed by atoms with E-state index in [0.717, 1.165) is 12.3 Å². The number of rotatable bonds is 5. The number of amides is 1. The summed E-state index contributed by atoms with van der Waals surface area (Å²) in [6.07, 6.45) is -3.13. The average molecular weight is 480 g/mol. The first kappa shape index (κ1) is 24.0. The number of H-pyrrole nitrogens is 1. The lowest BCUT2D eigenvalue weighted by Crippen LogP contribution is -2.49. The van der Waals surface area contributed by atoms with Gasteiger partial charge in [-0.3, -0.25) is 14.6 Å². The zero-order valence-electron chi connectivity index (χ0n) is 18.9. The smallest absolute Gasteiger partial charge is 0.378 e. The predicted octanol–water partition coefficient (Wildman–Crippen LogP) is 1.61. The van der Waals surface area contributed by atoms with E-state index in [1.54, 1.807) is 11.8 Å². The topological polar surface area (TPSA) is 94.7 Å². The molecule has 2 saturated heterocycles. The first-order valence-corrected chi connectivity index (χ1v) is 11.2. The fourth-order valence-electron chi connectivity index (χ4n) is 4.13. The van der Waals surface area contributed by atoms with Crippen molar-refractivity contribution >= 4 is 17.7 Å². The fourth-order valence-corrected chi connectivity index (χ4v) is 4.13. The van der Waals surface area contributed by atoms with E-state index in [2.05, 4.69) is 15.0 Å². The molecule has 0 bridgehead atoms. The number of ether oxygens (including phenoxy) is 1. The minimum absolute atomic E-state index is 0.0731. The summed E-state index contributed by atoms with van der Waals surface area (Å²) < 4.78 is 43.5. The zero-order chi connectivity index (χ0) is 24.3. The lowest BCUT2D eigenvalue weighted by molar-refractivity contribution is -0.137. The van der Waals surface area contributed by atoms with Crippen LogP contribution in [0.1, 0.15) is 23.2 Å². The van der Waals surface area contributed by atoms with E-state index in [-0.39, 0.29) is 24.3 Å². The second-order valence-electron chi connectivity index (χ2n) is 8.32. The Kier molecular flexibility index (Phi) is 7.05. The number of aryl methyl sites for hydroxylation is 1. The summed E-state index contributed by atoms with van der Waals surface area (Å²) in [5.74, 6) is 0.902. The van der Waals surface area contributed by atoms with Crippen molar-refractivity contribution in [1.29, 1.82) is 0 Å². The monoisotopic (exact) mass is 480 g/mol. The van der Waals surface area contributed by atoms with Crippen LogP contribution in [-0.4, -0.2) is 78.2 Å². The molecule has 34 heavy (non-hydrogen) atoms. The third-order valence-corrected chi connectivity index (χ3v) is 6.14. The molecule has 0 aromatic carbocycles. The Balaban J connectivity index is 1.30. The van der Waals surface area contributed by atoms with Crippen molar-refractivity contribution in [2.24, 2.45) is 0 Å². The van der Waals surface area contributed by atoms with Crippen molar-refractivity contribution in [3.63, 3.8) is 0 Å². The van der Waals surface area contributed by atoms with E-state index in [9.17, 15) is 22.8 Å². The highest BCUT2D eigenvalue weighted by molar-refractivity contribution is 5.76. The molecule has 2 aliphatic rings. The van der Waals surface area contributed by atoms with E-state index in [0.29, 0.717) is 75.5 Å². The van der Waals surface area contributed by atoms with Gasteiger partial charge in [-0.25, -0.2) is 9.97 Å². The van der Waals surface area contributed by atoms with Gasteiger partial charge in [0.05, 0.1) is 18.8 Å². The van der Waals surface area contributed by atoms with Crippen molar-refractivity contribution in [3.05, 3.63) is 45.5 Å². The standard InChI is InChI=1S/C22H27F3N6O3/c1-15-17(20(33)28-21(27-15)31-10-12-34-13-11-31)3-5-19(32)30-8-6-29(7-9-30)18-4-2-16(14-26-18)22(23,24)25/h2,4,14H,3,5-13H2,1H3,(H,27,28,33). The maximum atomic E-state index is 12.7. The number of morpholine rings is 1. The lowest BCUT2D eigenvalue weighted by Gasteiger charge is -2.35. The van der Waals surface area contributed by atoms with Gasteiger partial charge in [0.1, 0.15) is 5.82 Å². The molecule has 2 aliphatic heterocycles. The van der Waals surface area contributed by atoms with E-state index in [4.69, 9.17) is 4.74 Å². The van der Waals surface area contributed by atoms with Crippen molar-refractivity contribution in [2.45, 2.75) is 25.9 Å². The minimum Gasteiger partial charge on any atom is -0.378 e. The van der Waals surface area contributed by atoms with Gasteiger partial charge in [0.15, 0.2) is 0 Å². The van der Waals surface area contributed by atoms with Gasteiger partial charge >= 0.3 is 6.18 Å². The molecule has 0 unspecified atom stereocenters. The van der Waals surface area contributed by atoms with Crippen molar-refractivity contribution in [1.82, 2.24) is 19.9 Å². The first-order chi connectivity index (χ1) is 16.2. The second-order valence-corrected chi connectivity index (χ2v) is 8.32. The highest BCUT2D eigenvalue weighted by Crippen LogP contribution is 2.29. The summed E-state index contributed by atoms with van der Waals surface area (Å²) in [4.78, 5) is 42.1. The summed E-state index contributed by atoms with van der Waals surface area (Å²) in [5, 5.41) is 0.